The Bertz CT molecular complexity index is 1110. The van der Waals surface area contributed by atoms with Gasteiger partial charge in [-0.05, 0) is 82.0 Å². The molecule has 1 aromatic rings. The molecular formula is C31H44N4O3S. The molecular weight excluding hydrogens is 508 g/mol. The molecule has 2 fully saturated rings. The van der Waals surface area contributed by atoms with Crippen LogP contribution in [0, 0.1) is 12.8 Å². The number of nitrogens with one attached hydrogen (secondary N) is 2. The molecule has 0 radical (unpaired) electrons. The van der Waals surface area contributed by atoms with Crippen LogP contribution in [0.5, 0.6) is 0 Å². The van der Waals surface area contributed by atoms with E-state index in [2.05, 4.69) is 71.5 Å². The van der Waals surface area contributed by atoms with Crippen molar-refractivity contribution in [3.05, 3.63) is 66.0 Å². The highest BCUT2D eigenvalue weighted by atomic mass is 32.2. The van der Waals surface area contributed by atoms with E-state index in [-0.39, 0.29) is 22.7 Å². The zero-order chi connectivity index (χ0) is 28.0. The largest absolute Gasteiger partial charge is 0.481 e. The van der Waals surface area contributed by atoms with Crippen molar-refractivity contribution in [3.8, 4) is 0 Å². The smallest absolute Gasteiger partial charge is 0.306 e. The van der Waals surface area contributed by atoms with Crippen LogP contribution >= 0.6 is 11.8 Å². The molecule has 2 aliphatic carbocycles. The van der Waals surface area contributed by atoms with Gasteiger partial charge in [-0.3, -0.25) is 9.59 Å². The van der Waals surface area contributed by atoms with E-state index < -0.39 is 5.97 Å². The zero-order valence-corrected chi connectivity index (χ0v) is 24.4. The summed E-state index contributed by atoms with van der Waals surface area (Å²) in [6.07, 6.45) is 15.1. The van der Waals surface area contributed by atoms with Crippen LogP contribution in [-0.2, 0) is 9.59 Å². The molecule has 1 aliphatic heterocycles. The quantitative estimate of drug-likeness (QED) is 0.318. The van der Waals surface area contributed by atoms with Crippen molar-refractivity contribution in [3.63, 3.8) is 0 Å². The van der Waals surface area contributed by atoms with Crippen molar-refractivity contribution in [1.82, 2.24) is 15.1 Å². The second kappa shape index (κ2) is 13.1. The average Bonchev–Trinajstić information content (AvgIpc) is 3.39. The van der Waals surface area contributed by atoms with E-state index in [1.807, 2.05) is 18.2 Å². The zero-order valence-electron chi connectivity index (χ0n) is 23.6. The number of amides is 1. The van der Waals surface area contributed by atoms with E-state index in [0.29, 0.717) is 12.5 Å². The van der Waals surface area contributed by atoms with Crippen molar-refractivity contribution in [2.75, 3.05) is 31.7 Å². The number of para-hydroxylation sites is 1. The standard InChI is InChI=1S/C31H44N4O3S/c1-22-8-5-6-10-28(22)32-23(2)33-31(39-4)17-15-24(16-18-31)20-29(36)35-19-7-9-27(35)21-34(3)26-13-11-25(12-14-26)30(37)38/h5-6,8,10,15-17,25-27,32-33H,2,7,9,11-14,18-21H2,1,3-4H3,(H,37,38). The third kappa shape index (κ3) is 7.48. The average molecular weight is 553 g/mol. The lowest BCUT2D eigenvalue weighted by atomic mass is 9.85. The fraction of sp³-hybridized carbons (Fsp3) is 0.548. The van der Waals surface area contributed by atoms with Crippen LogP contribution in [0.25, 0.3) is 0 Å². The predicted molar refractivity (Wildman–Crippen MR) is 161 cm³/mol. The highest BCUT2D eigenvalue weighted by Gasteiger charge is 2.34. The lowest BCUT2D eigenvalue weighted by Gasteiger charge is -2.37. The van der Waals surface area contributed by atoms with Gasteiger partial charge in [0.15, 0.2) is 0 Å². The summed E-state index contributed by atoms with van der Waals surface area (Å²) in [5, 5.41) is 16.2. The van der Waals surface area contributed by atoms with E-state index in [9.17, 15) is 14.7 Å². The summed E-state index contributed by atoms with van der Waals surface area (Å²) in [4.78, 5) is 28.8. The SMILES string of the molecule is C=C(Nc1ccccc1C)NC1(SC)C=CC(CC(=O)N2CCCC2CN(C)C2CCC(C(=O)O)CC2)=CC1. The maximum atomic E-state index is 13.4. The van der Waals surface area contributed by atoms with Gasteiger partial charge in [0.2, 0.25) is 5.91 Å². The minimum Gasteiger partial charge on any atom is -0.481 e. The highest BCUT2D eigenvalue weighted by Crippen LogP contribution is 2.33. The summed E-state index contributed by atoms with van der Waals surface area (Å²) in [6.45, 7) is 7.95. The molecule has 212 valence electrons. The minimum absolute atomic E-state index is 0.196. The van der Waals surface area contributed by atoms with Gasteiger partial charge >= 0.3 is 5.97 Å². The van der Waals surface area contributed by atoms with E-state index in [1.165, 1.54) is 0 Å². The lowest BCUT2D eigenvalue weighted by Crippen LogP contribution is -2.46. The number of hydrogen-bond donors (Lipinski definition) is 3. The fourth-order valence-corrected chi connectivity index (χ4v) is 6.80. The molecule has 7 nitrogen and oxygen atoms in total. The summed E-state index contributed by atoms with van der Waals surface area (Å²) >= 11 is 1.73. The first-order valence-electron chi connectivity index (χ1n) is 14.2. The molecule has 1 saturated heterocycles. The number of carboxylic acids is 1. The van der Waals surface area contributed by atoms with Crippen LogP contribution in [-0.4, -0.2) is 70.1 Å². The number of carbonyl (C=O) groups excluding carboxylic acids is 1. The molecule has 1 amide bonds. The predicted octanol–water partition coefficient (Wildman–Crippen LogP) is 5.37. The van der Waals surface area contributed by atoms with Gasteiger partial charge in [-0.15, -0.1) is 11.8 Å². The third-order valence-electron chi connectivity index (χ3n) is 8.61. The van der Waals surface area contributed by atoms with Crippen LogP contribution in [0.1, 0.15) is 56.9 Å². The number of hydrogen-bond acceptors (Lipinski definition) is 6. The molecule has 8 heteroatoms. The van der Waals surface area contributed by atoms with Gasteiger partial charge in [-0.2, -0.15) is 0 Å². The number of thioether (sulfide) groups is 1. The van der Waals surface area contributed by atoms with Crippen molar-refractivity contribution in [2.24, 2.45) is 5.92 Å². The number of rotatable bonds is 11. The van der Waals surface area contributed by atoms with Crippen LogP contribution in [0.15, 0.2) is 60.5 Å². The number of aryl methyl sites for hydroxylation is 1. The first-order valence-corrected chi connectivity index (χ1v) is 15.4. The molecule has 3 N–H and O–H groups in total. The first kappa shape index (κ1) is 29.3. The van der Waals surface area contributed by atoms with Crippen LogP contribution in [0.2, 0.25) is 0 Å². The number of aliphatic carboxylic acids is 1. The summed E-state index contributed by atoms with van der Waals surface area (Å²) in [5.74, 6) is 0.0888. The topological polar surface area (TPSA) is 84.9 Å². The van der Waals surface area contributed by atoms with Crippen LogP contribution < -0.4 is 10.6 Å². The van der Waals surface area contributed by atoms with Gasteiger partial charge in [0.05, 0.1) is 18.2 Å². The van der Waals surface area contributed by atoms with E-state index in [4.69, 9.17) is 0 Å². The molecule has 4 rings (SSSR count). The number of carboxylic acid groups (broad SMARTS) is 1. The molecule has 1 heterocycles. The highest BCUT2D eigenvalue weighted by molar-refractivity contribution is 8.00. The third-order valence-corrected chi connectivity index (χ3v) is 9.75. The summed E-state index contributed by atoms with van der Waals surface area (Å²) < 4.78 is 0. The Balaban J connectivity index is 1.28. The van der Waals surface area contributed by atoms with Gasteiger partial charge in [0, 0.05) is 37.3 Å². The van der Waals surface area contributed by atoms with Crippen molar-refractivity contribution in [1.29, 1.82) is 0 Å². The van der Waals surface area contributed by atoms with Crippen LogP contribution in [0.4, 0.5) is 5.69 Å². The summed E-state index contributed by atoms with van der Waals surface area (Å²) in [7, 11) is 2.13. The van der Waals surface area contributed by atoms with Gasteiger partial charge < -0.3 is 25.5 Å². The Morgan fingerprint density at radius 2 is 1.95 bits per heavy atom. The minimum atomic E-state index is -0.663. The van der Waals surface area contributed by atoms with E-state index >= 15 is 0 Å². The maximum absolute atomic E-state index is 13.4. The number of likely N-dealkylation sites (N-methyl/N-ethyl adjacent to an activating group) is 1. The molecule has 1 aromatic carbocycles. The Hall–Kier alpha value is -2.71. The number of allylic oxidation sites excluding steroid dienone is 1. The van der Waals surface area contributed by atoms with Gasteiger partial charge in [0.1, 0.15) is 4.87 Å². The number of benzene rings is 1. The maximum Gasteiger partial charge on any atom is 0.306 e. The molecule has 2 atom stereocenters. The lowest BCUT2D eigenvalue weighted by molar-refractivity contribution is -0.143. The van der Waals surface area contributed by atoms with Gasteiger partial charge in [0.25, 0.3) is 0 Å². The number of carbonyl (C=O) groups is 2. The molecule has 0 bridgehead atoms. The van der Waals surface area contributed by atoms with Gasteiger partial charge in [-0.25, -0.2) is 0 Å². The summed E-state index contributed by atoms with van der Waals surface area (Å²) in [5.41, 5.74) is 3.26. The van der Waals surface area contributed by atoms with Crippen molar-refractivity contribution in [2.45, 2.75) is 75.2 Å². The van der Waals surface area contributed by atoms with Crippen molar-refractivity contribution < 1.29 is 14.7 Å². The first-order chi connectivity index (χ1) is 18.7. The molecule has 2 unspecified atom stereocenters. The number of likely N-dealkylation sites (tertiary alicyclic amines) is 1. The Morgan fingerprint density at radius 3 is 2.59 bits per heavy atom. The Kier molecular flexibility index (Phi) is 9.83. The van der Waals surface area contributed by atoms with Crippen molar-refractivity contribution >= 4 is 29.3 Å². The number of anilines is 1. The summed E-state index contributed by atoms with van der Waals surface area (Å²) in [6, 6.07) is 8.78. The second-order valence-corrected chi connectivity index (χ2v) is 12.4. The number of nitrogens with zero attached hydrogens (tertiary/aromatic N) is 2. The molecule has 0 spiro atoms. The van der Waals surface area contributed by atoms with Crippen LogP contribution in [0.3, 0.4) is 0 Å². The fourth-order valence-electron chi connectivity index (χ4n) is 6.12. The molecule has 1 saturated carbocycles. The normalized spacial score (nSPS) is 26.8. The van der Waals surface area contributed by atoms with E-state index in [0.717, 1.165) is 80.7 Å². The second-order valence-electron chi connectivity index (χ2n) is 11.3. The Morgan fingerprint density at radius 1 is 1.21 bits per heavy atom. The molecule has 39 heavy (non-hydrogen) atoms. The van der Waals surface area contributed by atoms with E-state index in [1.54, 1.807) is 11.8 Å². The molecule has 0 aromatic heterocycles. The Labute approximate surface area is 237 Å². The van der Waals surface area contributed by atoms with Gasteiger partial charge in [-0.1, -0.05) is 36.9 Å². The monoisotopic (exact) mass is 552 g/mol. The molecule has 3 aliphatic rings.